The number of hydrogen-bond acceptors (Lipinski definition) is 2. The number of benzene rings is 7. The number of rotatable bonds is 4. The van der Waals surface area contributed by atoms with E-state index in [0.717, 1.165) is 12.8 Å². The Hall–Kier alpha value is -5.78. The van der Waals surface area contributed by atoms with Crippen LogP contribution in [-0.2, 0) is 10.8 Å². The number of hydrogen-bond donors (Lipinski definition) is 0. The minimum absolute atomic E-state index is 0.000468. The van der Waals surface area contributed by atoms with E-state index in [1.807, 2.05) is 0 Å². The minimum atomic E-state index is -1.78. The van der Waals surface area contributed by atoms with Crippen molar-refractivity contribution in [3.8, 4) is 16.8 Å². The smallest absolute Gasteiger partial charge is 0.252 e. The topological polar surface area (TPSA) is 11.4 Å². The first kappa shape index (κ1) is 38.5. The van der Waals surface area contributed by atoms with E-state index >= 15 is 0 Å². The molecule has 4 unspecified atom stereocenters. The molecule has 0 amide bonds. The fourth-order valence-electron chi connectivity index (χ4n) is 15.3. The predicted octanol–water partition coefficient (Wildman–Crippen LogP) is 12.7. The highest BCUT2D eigenvalue weighted by Gasteiger charge is 2.65. The van der Waals surface area contributed by atoms with Gasteiger partial charge in [-0.15, -0.1) is 0 Å². The maximum Gasteiger partial charge on any atom is 0.252 e. The summed E-state index contributed by atoms with van der Waals surface area (Å²) in [6.45, 7) is 15.7. The van der Waals surface area contributed by atoms with Crippen molar-refractivity contribution in [2.24, 2.45) is 0 Å². The molecule has 1 aromatic heterocycles. The zero-order valence-corrected chi connectivity index (χ0v) is 39.9. The number of nitrogens with zero attached hydrogens (tertiary/aromatic N) is 3. The first-order valence-corrected chi connectivity index (χ1v) is 28.2. The Bertz CT molecular complexity index is 3350. The monoisotopic (exact) mass is 859 g/mol. The molecule has 14 rings (SSSR count). The maximum atomic E-state index is 2.98. The average molecular weight is 860 g/mol. The highest BCUT2D eigenvalue weighted by molar-refractivity contribution is 7.01. The van der Waals surface area contributed by atoms with Gasteiger partial charge in [0.1, 0.15) is 0 Å². The van der Waals surface area contributed by atoms with E-state index in [9.17, 15) is 0 Å². The van der Waals surface area contributed by atoms with E-state index in [1.165, 1.54) is 127 Å². The van der Waals surface area contributed by atoms with Crippen LogP contribution in [0.25, 0.3) is 38.6 Å². The van der Waals surface area contributed by atoms with Gasteiger partial charge in [-0.05, 0) is 114 Å². The number of aromatic nitrogens is 1. The van der Waals surface area contributed by atoms with Crippen molar-refractivity contribution in [1.29, 1.82) is 0 Å². The van der Waals surface area contributed by atoms with Gasteiger partial charge in [0.2, 0.25) is 0 Å². The second-order valence-electron chi connectivity index (χ2n) is 22.5. The lowest BCUT2D eigenvalue weighted by molar-refractivity contribution is 0.195. The molecule has 0 saturated heterocycles. The van der Waals surface area contributed by atoms with Crippen LogP contribution in [0.2, 0.25) is 19.6 Å². The summed E-state index contributed by atoms with van der Waals surface area (Å²) in [5, 5.41) is 4.30. The van der Waals surface area contributed by atoms with Crippen LogP contribution in [0.1, 0.15) is 88.8 Å². The van der Waals surface area contributed by atoms with E-state index in [4.69, 9.17) is 0 Å². The van der Waals surface area contributed by atoms with Crippen LogP contribution in [0.15, 0.2) is 146 Å². The van der Waals surface area contributed by atoms with Crippen molar-refractivity contribution in [3.63, 3.8) is 0 Å². The summed E-state index contributed by atoms with van der Waals surface area (Å²) in [5.74, 6) is 0. The molecule has 0 bridgehead atoms. The molecule has 0 N–H and O–H groups in total. The lowest BCUT2D eigenvalue weighted by Crippen LogP contribution is -2.65. The van der Waals surface area contributed by atoms with Crippen molar-refractivity contribution < 1.29 is 0 Å². The first-order chi connectivity index (χ1) is 31.5. The van der Waals surface area contributed by atoms with Crippen LogP contribution in [-0.4, -0.2) is 30.4 Å². The van der Waals surface area contributed by atoms with Gasteiger partial charge >= 0.3 is 0 Å². The van der Waals surface area contributed by atoms with Crippen LogP contribution in [0, 0.1) is 0 Å². The van der Waals surface area contributed by atoms with Gasteiger partial charge < -0.3 is 14.4 Å². The molecule has 6 aliphatic rings. The zero-order chi connectivity index (χ0) is 43.8. The molecule has 8 aromatic rings. The molecule has 320 valence electrons. The van der Waals surface area contributed by atoms with Gasteiger partial charge in [0.25, 0.3) is 6.71 Å². The predicted molar refractivity (Wildman–Crippen MR) is 279 cm³/mol. The third-order valence-corrected chi connectivity index (χ3v) is 20.6. The number of fused-ring (bicyclic) bond motifs is 13. The van der Waals surface area contributed by atoms with Crippen LogP contribution >= 0.6 is 0 Å². The van der Waals surface area contributed by atoms with E-state index in [0.29, 0.717) is 0 Å². The van der Waals surface area contributed by atoms with Gasteiger partial charge in [0, 0.05) is 55.6 Å². The van der Waals surface area contributed by atoms with E-state index in [-0.39, 0.29) is 28.6 Å². The molecule has 5 heteroatoms. The first-order valence-electron chi connectivity index (χ1n) is 24.7. The van der Waals surface area contributed by atoms with Gasteiger partial charge in [0.05, 0.1) is 24.7 Å². The fraction of sp³-hybridized carbons (Fsp3) is 0.300. The zero-order valence-electron chi connectivity index (χ0n) is 38.9. The van der Waals surface area contributed by atoms with Crippen molar-refractivity contribution in [2.75, 3.05) is 9.80 Å². The van der Waals surface area contributed by atoms with Gasteiger partial charge in [-0.3, -0.25) is 0 Å². The summed E-state index contributed by atoms with van der Waals surface area (Å²) in [4.78, 5) is 5.84. The molecule has 4 aliphatic heterocycles. The average Bonchev–Trinajstić information content (AvgIpc) is 3.87. The van der Waals surface area contributed by atoms with Crippen LogP contribution in [0.5, 0.6) is 0 Å². The third kappa shape index (κ3) is 4.59. The maximum absolute atomic E-state index is 2.98. The molecule has 3 nitrogen and oxygen atoms in total. The second kappa shape index (κ2) is 12.8. The molecule has 2 aliphatic carbocycles. The Morgan fingerprint density at radius 3 is 2.02 bits per heavy atom. The highest BCUT2D eigenvalue weighted by atomic mass is 28.3. The van der Waals surface area contributed by atoms with E-state index in [1.54, 1.807) is 10.8 Å². The molecule has 2 saturated carbocycles. The second-order valence-corrected chi connectivity index (χ2v) is 27.5. The Balaban J connectivity index is 1.13. The van der Waals surface area contributed by atoms with E-state index in [2.05, 4.69) is 200 Å². The summed E-state index contributed by atoms with van der Waals surface area (Å²) in [6, 6.07) is 57.6. The lowest BCUT2D eigenvalue weighted by atomic mass is 9.33. The van der Waals surface area contributed by atoms with E-state index < -0.39 is 8.07 Å². The van der Waals surface area contributed by atoms with Crippen LogP contribution < -0.4 is 31.4 Å². The normalized spacial score (nSPS) is 25.7. The molecule has 5 heterocycles. The molecule has 0 radical (unpaired) electrons. The minimum Gasteiger partial charge on any atom is -0.335 e. The van der Waals surface area contributed by atoms with Crippen LogP contribution in [0.3, 0.4) is 0 Å². The van der Waals surface area contributed by atoms with Crippen molar-refractivity contribution in [3.05, 3.63) is 162 Å². The summed E-state index contributed by atoms with van der Waals surface area (Å²) < 4.78 is 2.70. The molecule has 0 spiro atoms. The van der Waals surface area contributed by atoms with Crippen LogP contribution in [0.4, 0.5) is 22.7 Å². The molecular formula is C60H58BN3Si. The van der Waals surface area contributed by atoms with Gasteiger partial charge in [-0.2, -0.15) is 0 Å². The van der Waals surface area contributed by atoms with Gasteiger partial charge in [-0.1, -0.05) is 173 Å². The SMILES string of the molecule is CC12CCCCC1(C)N(c1cc3c4c(c1)-n1c5ccccc5c5cccc(c51)B4c1cc([Si](C)(C)C)cc4c1N3C1(C)CCCCC41c1ccccc1)c1ccc(-c3ccccc3)cc12. The van der Waals surface area contributed by atoms with Crippen molar-refractivity contribution in [1.82, 2.24) is 4.57 Å². The Morgan fingerprint density at radius 1 is 0.523 bits per heavy atom. The fourth-order valence-corrected chi connectivity index (χ4v) is 16.4. The standard InChI is InChI=1S/C60H58BN3Si/c1-57-30-15-16-31-58(57,2)63(51-29-28-40(34-46(51)57)39-20-9-7-10-21-39)42-35-52-54-53(36-42)64-56-47(60(41-22-11-8-12-23-41)33-18-17-32-59(60,64)3)37-43(65(4,5)6)38-49(56)61(54)48-26-19-25-45-44-24-13-14-27-50(44)62(52)55(45)48/h7-14,19-29,34-38H,15-18,30-33H2,1-6H3. The Labute approximate surface area is 386 Å². The Kier molecular flexibility index (Phi) is 7.56. The highest BCUT2D eigenvalue weighted by Crippen LogP contribution is 2.66. The number of para-hydroxylation sites is 2. The Morgan fingerprint density at radius 2 is 1.22 bits per heavy atom. The van der Waals surface area contributed by atoms with Gasteiger partial charge in [-0.25, -0.2) is 0 Å². The molecule has 65 heavy (non-hydrogen) atoms. The van der Waals surface area contributed by atoms with Crippen molar-refractivity contribution >= 4 is 80.9 Å². The summed E-state index contributed by atoms with van der Waals surface area (Å²) in [6.07, 6.45) is 9.68. The largest absolute Gasteiger partial charge is 0.335 e. The lowest BCUT2D eigenvalue weighted by Gasteiger charge is -2.54. The molecule has 7 aromatic carbocycles. The summed E-state index contributed by atoms with van der Waals surface area (Å²) >= 11 is 0. The number of anilines is 4. The summed E-state index contributed by atoms with van der Waals surface area (Å²) in [5.41, 5.74) is 21.0. The summed E-state index contributed by atoms with van der Waals surface area (Å²) in [7, 11) is -1.78. The van der Waals surface area contributed by atoms with Crippen molar-refractivity contribution in [2.45, 2.75) is 114 Å². The van der Waals surface area contributed by atoms with Gasteiger partial charge in [0.15, 0.2) is 0 Å². The molecular weight excluding hydrogens is 802 g/mol. The molecule has 2 fully saturated rings. The quantitative estimate of drug-likeness (QED) is 0.163. The third-order valence-electron chi connectivity index (χ3n) is 18.5. The molecule has 4 atom stereocenters.